The Bertz CT molecular complexity index is 826. The predicted octanol–water partition coefficient (Wildman–Crippen LogP) is -1.21. The Hall–Kier alpha value is -2.48. The van der Waals surface area contributed by atoms with E-state index >= 15 is 0 Å². The van der Waals surface area contributed by atoms with Crippen LogP contribution in [-0.4, -0.2) is 76.1 Å². The number of carboxylic acid groups (broad SMARTS) is 1. The van der Waals surface area contributed by atoms with Crippen LogP contribution >= 0.6 is 25.3 Å². The van der Waals surface area contributed by atoms with E-state index in [1.165, 1.54) is 12.1 Å². The molecule has 4 atom stereocenters. The molecule has 0 fully saturated rings. The van der Waals surface area contributed by atoms with Crippen LogP contribution in [0.4, 0.5) is 0 Å². The SMILES string of the molecule is NCCCCC(NC(=O)C(N)CS)C(=O)NC(CS)C(=O)NC(Cc1ccc(O)cc1)C(=O)O. The number of carboxylic acids is 1. The second kappa shape index (κ2) is 15.4. The molecule has 0 saturated heterocycles. The lowest BCUT2D eigenvalue weighted by atomic mass is 10.1. The summed E-state index contributed by atoms with van der Waals surface area (Å²) >= 11 is 8.08. The van der Waals surface area contributed by atoms with Crippen molar-refractivity contribution < 1.29 is 29.4 Å². The van der Waals surface area contributed by atoms with Gasteiger partial charge < -0.3 is 37.6 Å². The lowest BCUT2D eigenvalue weighted by Gasteiger charge is -2.24. The van der Waals surface area contributed by atoms with E-state index in [1.807, 2.05) is 0 Å². The molecule has 0 aliphatic heterocycles. The Morgan fingerprint density at radius 3 is 1.94 bits per heavy atom. The summed E-state index contributed by atoms with van der Waals surface area (Å²) in [6.45, 7) is 0.414. The molecule has 1 rings (SSSR count). The maximum atomic E-state index is 12.8. The molecule has 0 heterocycles. The molecule has 9 N–H and O–H groups in total. The van der Waals surface area contributed by atoms with E-state index in [0.717, 1.165) is 0 Å². The number of aromatic hydroxyl groups is 1. The Morgan fingerprint density at radius 2 is 1.41 bits per heavy atom. The first kappa shape index (κ1) is 29.6. The molecule has 190 valence electrons. The van der Waals surface area contributed by atoms with Crippen LogP contribution < -0.4 is 27.4 Å². The zero-order chi connectivity index (χ0) is 25.7. The number of hydrogen-bond acceptors (Lipinski definition) is 9. The van der Waals surface area contributed by atoms with Gasteiger partial charge in [-0.1, -0.05) is 12.1 Å². The third kappa shape index (κ3) is 10.2. The van der Waals surface area contributed by atoms with Gasteiger partial charge in [0.05, 0.1) is 6.04 Å². The third-order valence-corrected chi connectivity index (χ3v) is 5.68. The first-order valence-electron chi connectivity index (χ1n) is 10.7. The number of phenolic OH excluding ortho intramolecular Hbond substituents is 1. The fraction of sp³-hybridized carbons (Fsp3) is 0.524. The number of phenols is 1. The van der Waals surface area contributed by atoms with Crippen LogP contribution in [0.15, 0.2) is 24.3 Å². The summed E-state index contributed by atoms with van der Waals surface area (Å²) in [4.78, 5) is 49.4. The maximum absolute atomic E-state index is 12.8. The Kier molecular flexibility index (Phi) is 13.4. The van der Waals surface area contributed by atoms with Gasteiger partial charge in [0.25, 0.3) is 0 Å². The Labute approximate surface area is 209 Å². The molecule has 0 saturated carbocycles. The topological polar surface area (TPSA) is 197 Å². The minimum atomic E-state index is -1.27. The number of hydrogen-bond donors (Lipinski definition) is 9. The molecule has 1 aromatic carbocycles. The summed E-state index contributed by atoms with van der Waals surface area (Å²) in [6, 6.07) is 1.60. The molecule has 0 bridgehead atoms. The second-order valence-corrected chi connectivity index (χ2v) is 8.38. The third-order valence-electron chi connectivity index (χ3n) is 4.92. The molecule has 0 spiro atoms. The molecule has 3 amide bonds. The number of rotatable bonds is 15. The number of carbonyl (C=O) groups excluding carboxylic acids is 3. The molecule has 11 nitrogen and oxygen atoms in total. The molecule has 34 heavy (non-hydrogen) atoms. The molecule has 0 radical (unpaired) electrons. The summed E-state index contributed by atoms with van der Waals surface area (Å²) in [7, 11) is 0. The minimum Gasteiger partial charge on any atom is -0.508 e. The van der Waals surface area contributed by atoms with Crippen LogP contribution in [0.1, 0.15) is 24.8 Å². The average Bonchev–Trinajstić information content (AvgIpc) is 2.81. The highest BCUT2D eigenvalue weighted by atomic mass is 32.1. The van der Waals surface area contributed by atoms with Gasteiger partial charge in [-0.15, -0.1) is 0 Å². The molecular formula is C21H33N5O6S2. The van der Waals surface area contributed by atoms with Crippen molar-refractivity contribution in [3.63, 3.8) is 0 Å². The number of amides is 3. The van der Waals surface area contributed by atoms with Gasteiger partial charge in [-0.3, -0.25) is 14.4 Å². The fourth-order valence-corrected chi connectivity index (χ4v) is 3.35. The van der Waals surface area contributed by atoms with Crippen molar-refractivity contribution >= 4 is 48.9 Å². The minimum absolute atomic E-state index is 0.0287. The molecule has 0 aliphatic rings. The second-order valence-electron chi connectivity index (χ2n) is 7.65. The summed E-state index contributed by atoms with van der Waals surface area (Å²) in [5, 5.41) is 26.3. The van der Waals surface area contributed by atoms with Crippen molar-refractivity contribution in [1.29, 1.82) is 0 Å². The largest absolute Gasteiger partial charge is 0.508 e. The average molecular weight is 516 g/mol. The zero-order valence-corrected chi connectivity index (χ0v) is 20.4. The lowest BCUT2D eigenvalue weighted by Crippen LogP contribution is -2.58. The number of carbonyl (C=O) groups is 4. The number of thiol groups is 2. The van der Waals surface area contributed by atoms with Crippen LogP contribution in [0.25, 0.3) is 0 Å². The molecule has 1 aromatic rings. The zero-order valence-electron chi connectivity index (χ0n) is 18.6. The highest BCUT2D eigenvalue weighted by molar-refractivity contribution is 7.80. The van der Waals surface area contributed by atoms with Crippen LogP contribution in [0.3, 0.4) is 0 Å². The monoisotopic (exact) mass is 515 g/mol. The van der Waals surface area contributed by atoms with Crippen molar-refractivity contribution in [2.45, 2.75) is 49.9 Å². The van der Waals surface area contributed by atoms with E-state index in [0.29, 0.717) is 24.9 Å². The van der Waals surface area contributed by atoms with Gasteiger partial charge in [-0.25, -0.2) is 4.79 Å². The van der Waals surface area contributed by atoms with Gasteiger partial charge in [0.2, 0.25) is 17.7 Å². The lowest BCUT2D eigenvalue weighted by molar-refractivity contribution is -0.142. The van der Waals surface area contributed by atoms with E-state index < -0.39 is 47.9 Å². The van der Waals surface area contributed by atoms with Crippen molar-refractivity contribution in [1.82, 2.24) is 16.0 Å². The predicted molar refractivity (Wildman–Crippen MR) is 134 cm³/mol. The molecule has 0 aliphatic carbocycles. The van der Waals surface area contributed by atoms with E-state index in [2.05, 4.69) is 41.2 Å². The van der Waals surface area contributed by atoms with Crippen molar-refractivity contribution in [2.75, 3.05) is 18.1 Å². The normalized spacial score (nSPS) is 14.4. The van der Waals surface area contributed by atoms with Gasteiger partial charge in [0.1, 0.15) is 23.9 Å². The van der Waals surface area contributed by atoms with Crippen LogP contribution in [-0.2, 0) is 25.6 Å². The first-order valence-corrected chi connectivity index (χ1v) is 12.0. The summed E-state index contributed by atoms with van der Waals surface area (Å²) < 4.78 is 0. The van der Waals surface area contributed by atoms with Crippen molar-refractivity contribution in [3.05, 3.63) is 29.8 Å². The molecule has 4 unspecified atom stereocenters. The van der Waals surface area contributed by atoms with Crippen LogP contribution in [0.2, 0.25) is 0 Å². The van der Waals surface area contributed by atoms with Gasteiger partial charge >= 0.3 is 5.97 Å². The Balaban J connectivity index is 2.86. The molecule has 0 aromatic heterocycles. The first-order chi connectivity index (χ1) is 16.1. The summed E-state index contributed by atoms with van der Waals surface area (Å²) in [5.41, 5.74) is 11.7. The smallest absolute Gasteiger partial charge is 0.326 e. The van der Waals surface area contributed by atoms with Gasteiger partial charge in [-0.2, -0.15) is 25.3 Å². The van der Waals surface area contributed by atoms with E-state index in [1.54, 1.807) is 12.1 Å². The van der Waals surface area contributed by atoms with Crippen LogP contribution in [0, 0.1) is 0 Å². The van der Waals surface area contributed by atoms with Gasteiger partial charge in [0, 0.05) is 17.9 Å². The van der Waals surface area contributed by atoms with Crippen molar-refractivity contribution in [2.24, 2.45) is 11.5 Å². The molecular weight excluding hydrogens is 482 g/mol. The van der Waals surface area contributed by atoms with E-state index in [4.69, 9.17) is 11.5 Å². The summed E-state index contributed by atoms with van der Waals surface area (Å²) in [6.07, 6.45) is 1.42. The number of unbranched alkanes of at least 4 members (excludes halogenated alkanes) is 1. The summed E-state index contributed by atoms with van der Waals surface area (Å²) in [5.74, 6) is -3.19. The van der Waals surface area contributed by atoms with E-state index in [9.17, 15) is 29.4 Å². The van der Waals surface area contributed by atoms with Crippen LogP contribution in [0.5, 0.6) is 5.75 Å². The highest BCUT2D eigenvalue weighted by Crippen LogP contribution is 2.12. The number of nitrogens with one attached hydrogen (secondary N) is 3. The van der Waals surface area contributed by atoms with Gasteiger partial charge in [0.15, 0.2) is 0 Å². The van der Waals surface area contributed by atoms with E-state index in [-0.39, 0.29) is 30.1 Å². The highest BCUT2D eigenvalue weighted by Gasteiger charge is 2.29. The Morgan fingerprint density at radius 1 is 0.853 bits per heavy atom. The van der Waals surface area contributed by atoms with Gasteiger partial charge in [-0.05, 0) is 43.5 Å². The molecule has 13 heteroatoms. The quantitative estimate of drug-likeness (QED) is 0.102. The fourth-order valence-electron chi connectivity index (χ4n) is 2.93. The number of benzene rings is 1. The maximum Gasteiger partial charge on any atom is 0.326 e. The number of aliphatic carboxylic acids is 1. The van der Waals surface area contributed by atoms with Crippen molar-refractivity contribution in [3.8, 4) is 5.75 Å². The standard InChI is InChI=1S/C21H33N5O6S2/c22-8-2-1-3-15(24-18(28)14(23)10-33)19(29)26-17(11-34)20(30)25-16(21(31)32)9-12-4-6-13(27)7-5-12/h4-7,14-17,27,33-34H,1-3,8-11,22-23H2,(H,24,28)(H,25,30)(H,26,29)(H,31,32). The number of nitrogens with two attached hydrogens (primary N) is 2.